The van der Waals surface area contributed by atoms with E-state index in [9.17, 15) is 67.1 Å². The van der Waals surface area contributed by atoms with Gasteiger partial charge >= 0.3 is 83.6 Å². The van der Waals surface area contributed by atoms with Gasteiger partial charge in [0.1, 0.15) is 63.1 Å². The van der Waals surface area contributed by atoms with Gasteiger partial charge in [0, 0.05) is 96.9 Å². The quantitative estimate of drug-likeness (QED) is 0.0638. The van der Waals surface area contributed by atoms with E-state index in [2.05, 4.69) is 0 Å². The Kier molecular flexibility index (Phi) is 28.5. The first-order chi connectivity index (χ1) is 41.1. The zero-order valence-corrected chi connectivity index (χ0v) is 51.7. The molecular weight excluding hydrogens is 1230 g/mol. The first-order valence-corrected chi connectivity index (χ1v) is 28.9. The maximum absolute atomic E-state index is 13.2. The van der Waals surface area contributed by atoms with Gasteiger partial charge < -0.3 is 94.7 Å². The monoisotopic (exact) mass is 1300 g/mol. The van der Waals surface area contributed by atoms with Crippen LogP contribution >= 0.6 is 21.6 Å². The molecule has 0 aliphatic carbocycles. The fourth-order valence-electron chi connectivity index (χ4n) is 9.21. The normalized spacial score (nSPS) is 31.7. The predicted molar refractivity (Wildman–Crippen MR) is 282 cm³/mol. The Morgan fingerprint density at radius 1 is 0.239 bits per heavy atom. The lowest BCUT2D eigenvalue weighted by molar-refractivity contribution is -0.341. The summed E-state index contributed by atoms with van der Waals surface area (Å²) in [4.78, 5) is 178. The maximum Gasteiger partial charge on any atom is 0.303 e. The molecule has 20 atom stereocenters. The molecule has 4 aliphatic heterocycles. The molecule has 4 rings (SSSR count). The van der Waals surface area contributed by atoms with Crippen LogP contribution in [0.4, 0.5) is 0 Å². The zero-order chi connectivity index (χ0) is 66.0. The fourth-order valence-corrected chi connectivity index (χ4v) is 12.0. The lowest BCUT2D eigenvalue weighted by atomic mass is 9.96. The SMILES string of the molecule is CC(=O)OC[C@H]1O[C@@H](SS[C@@H]2O[C@H](COC(C)=O)[C@@H](O[C@@H]3O[C@H](COC(C)=O)[C@@H](OC(C)=O)[C@H](OC(C)=O)[C@H]3OC(C)=O)[C@H](OC(C)=O)[C@H]2OC(C)=O)[C@H](OC(C)=O)[C@@H](OC(C)=O)[C@@H]1O[C@@H]1O[C@H](COC(C)=O)[C@@H](OC(C)=O)[C@H](OC(C)=O)[C@H]1OC(C)=O. The summed E-state index contributed by atoms with van der Waals surface area (Å²) in [6, 6.07) is 0. The van der Waals surface area contributed by atoms with Crippen LogP contribution in [0.5, 0.6) is 0 Å². The highest BCUT2D eigenvalue weighted by molar-refractivity contribution is 8.77. The van der Waals surface area contributed by atoms with Crippen LogP contribution in [0.1, 0.15) is 96.9 Å². The van der Waals surface area contributed by atoms with E-state index in [4.69, 9.17) is 94.7 Å². The van der Waals surface area contributed by atoms with Gasteiger partial charge in [0.15, 0.2) is 84.5 Å². The Labute approximate surface area is 510 Å². The largest absolute Gasteiger partial charge is 0.463 e. The maximum atomic E-state index is 13.2. The van der Waals surface area contributed by atoms with Gasteiger partial charge in [-0.1, -0.05) is 21.6 Å². The molecule has 494 valence electrons. The van der Waals surface area contributed by atoms with Crippen molar-refractivity contribution in [2.75, 3.05) is 26.4 Å². The number of carbonyl (C=O) groups excluding carboxylic acids is 14. The lowest BCUT2D eigenvalue weighted by Gasteiger charge is -2.49. The summed E-state index contributed by atoms with van der Waals surface area (Å²) in [5.41, 5.74) is -3.30. The van der Waals surface area contributed by atoms with Crippen LogP contribution in [0.15, 0.2) is 0 Å². The van der Waals surface area contributed by atoms with Crippen LogP contribution in [-0.2, 0) is 162 Å². The zero-order valence-electron chi connectivity index (χ0n) is 50.1. The number of ether oxygens (including phenoxy) is 20. The minimum atomic E-state index is -2.02. The van der Waals surface area contributed by atoms with Crippen molar-refractivity contribution in [1.29, 1.82) is 0 Å². The second-order valence-electron chi connectivity index (χ2n) is 19.5. The number of esters is 14. The minimum absolute atomic E-state index is 0.600. The van der Waals surface area contributed by atoms with Crippen LogP contribution in [0.2, 0.25) is 0 Å². The molecule has 0 amide bonds. The summed E-state index contributed by atoms with van der Waals surface area (Å²) in [7, 11) is 1.20. The van der Waals surface area contributed by atoms with Crippen LogP contribution in [0.25, 0.3) is 0 Å². The summed E-state index contributed by atoms with van der Waals surface area (Å²) in [6.45, 7) is 10.7. The smallest absolute Gasteiger partial charge is 0.303 e. The van der Waals surface area contributed by atoms with E-state index < -0.39 is 231 Å². The van der Waals surface area contributed by atoms with Crippen molar-refractivity contribution in [3.05, 3.63) is 0 Å². The number of hydrogen-bond donors (Lipinski definition) is 0. The summed E-state index contributed by atoms with van der Waals surface area (Å²) >= 11 is 0. The third-order valence-corrected chi connectivity index (χ3v) is 14.7. The van der Waals surface area contributed by atoms with Crippen LogP contribution in [-0.4, -0.2) is 231 Å². The van der Waals surface area contributed by atoms with Crippen molar-refractivity contribution in [2.45, 2.75) is 218 Å². The molecule has 4 aliphatic rings. The number of rotatable bonds is 25. The van der Waals surface area contributed by atoms with Crippen LogP contribution in [0, 0.1) is 0 Å². The molecule has 0 radical (unpaired) electrons. The molecule has 4 fully saturated rings. The third-order valence-electron chi connectivity index (χ3n) is 12.0. The first-order valence-electron chi connectivity index (χ1n) is 26.7. The van der Waals surface area contributed by atoms with E-state index >= 15 is 0 Å². The van der Waals surface area contributed by atoms with Crippen molar-refractivity contribution in [3.8, 4) is 0 Å². The van der Waals surface area contributed by atoms with Crippen molar-refractivity contribution in [2.24, 2.45) is 0 Å². The summed E-state index contributed by atoms with van der Waals surface area (Å²) < 4.78 is 115. The second-order valence-corrected chi connectivity index (χ2v) is 22.0. The van der Waals surface area contributed by atoms with E-state index in [1.807, 2.05) is 0 Å². The Balaban J connectivity index is 1.90. The number of hydrogen-bond acceptors (Lipinski definition) is 36. The lowest BCUT2D eigenvalue weighted by Crippen LogP contribution is -2.67. The molecule has 0 aromatic rings. The average molecular weight is 1300 g/mol. The molecule has 34 nitrogen and oxygen atoms in total. The minimum Gasteiger partial charge on any atom is -0.463 e. The summed E-state index contributed by atoms with van der Waals surface area (Å²) in [5, 5.41) is 0. The molecule has 0 spiro atoms. The van der Waals surface area contributed by atoms with E-state index in [1.165, 1.54) is 0 Å². The van der Waals surface area contributed by atoms with Gasteiger partial charge in [0.05, 0.1) is 0 Å². The van der Waals surface area contributed by atoms with Gasteiger partial charge in [0.25, 0.3) is 0 Å². The van der Waals surface area contributed by atoms with Gasteiger partial charge in [0.2, 0.25) is 0 Å². The molecule has 0 N–H and O–H groups in total. The molecule has 4 saturated heterocycles. The summed E-state index contributed by atoms with van der Waals surface area (Å²) in [6.07, 6.45) is -32.4. The van der Waals surface area contributed by atoms with E-state index in [-0.39, 0.29) is 0 Å². The molecular formula is C52H70O34S2. The van der Waals surface area contributed by atoms with Crippen LogP contribution < -0.4 is 0 Å². The molecule has 88 heavy (non-hydrogen) atoms. The van der Waals surface area contributed by atoms with Gasteiger partial charge in [-0.2, -0.15) is 0 Å². The second kappa shape index (κ2) is 34.1. The van der Waals surface area contributed by atoms with Gasteiger partial charge in [-0.05, 0) is 0 Å². The van der Waals surface area contributed by atoms with Crippen molar-refractivity contribution >= 4 is 105 Å². The third kappa shape index (κ3) is 22.6. The molecule has 0 aromatic carbocycles. The molecule has 36 heteroatoms. The fraction of sp³-hybridized carbons (Fsp3) is 0.731. The van der Waals surface area contributed by atoms with Crippen LogP contribution in [0.3, 0.4) is 0 Å². The highest BCUT2D eigenvalue weighted by Gasteiger charge is 2.61. The number of carbonyl (C=O) groups is 14. The highest BCUT2D eigenvalue weighted by Crippen LogP contribution is 2.47. The topological polar surface area (TPSA) is 424 Å². The Morgan fingerprint density at radius 3 is 0.659 bits per heavy atom. The first kappa shape index (κ1) is 73.5. The van der Waals surface area contributed by atoms with Gasteiger partial charge in [-0.3, -0.25) is 67.1 Å². The Morgan fingerprint density at radius 2 is 0.432 bits per heavy atom. The van der Waals surface area contributed by atoms with E-state index in [0.29, 0.717) is 21.6 Å². The molecule has 0 aromatic heterocycles. The van der Waals surface area contributed by atoms with E-state index in [0.717, 1.165) is 96.9 Å². The molecule has 0 unspecified atom stereocenters. The standard InChI is InChI=1S/C52H70O34S2/c1-19(53)67-15-33-37(71-23(5)57)41(73-25(7)59)45(77-29(11)63)49(81-33)85-39-35(17-69-21(3)55)83-51(47(79-31(13)65)43(39)75-27(9)61)87-88-52-48(80-32(14)66)44(76-28(10)62)40(36(84-52)18-70-22(4)56)86-50-46(78-30(12)64)42(74-26(8)60)38(72-24(6)58)34(82-50)16-68-20(2)54/h33-52H,15-18H2,1-14H3/t33-,34-,35-,36-,37-,38-,39-,40-,41+,42+,43+,44+,45-,46-,47-,48-,49+,50+,51+,52+/m1/s1. The van der Waals surface area contributed by atoms with Crippen molar-refractivity contribution in [1.82, 2.24) is 0 Å². The predicted octanol–water partition coefficient (Wildman–Crippen LogP) is -0.393. The van der Waals surface area contributed by atoms with Crippen molar-refractivity contribution < 1.29 is 162 Å². The van der Waals surface area contributed by atoms with Gasteiger partial charge in [-0.25, -0.2) is 0 Å². The highest BCUT2D eigenvalue weighted by atomic mass is 33.1. The van der Waals surface area contributed by atoms with Gasteiger partial charge in [-0.15, -0.1) is 0 Å². The average Bonchev–Trinajstić information content (AvgIpc) is 0.937. The van der Waals surface area contributed by atoms with E-state index in [1.54, 1.807) is 0 Å². The molecule has 0 saturated carbocycles. The molecule has 0 bridgehead atoms. The van der Waals surface area contributed by atoms with Crippen molar-refractivity contribution in [3.63, 3.8) is 0 Å². The Hall–Kier alpha value is -6.96. The molecule has 4 heterocycles. The Bertz CT molecular complexity index is 2390. The summed E-state index contributed by atoms with van der Waals surface area (Å²) in [5.74, 6) is -13.8.